The monoisotopic (exact) mass is 297 g/mol. The van der Waals surface area contributed by atoms with Gasteiger partial charge in [-0.3, -0.25) is 4.79 Å². The molecule has 0 aromatic heterocycles. The van der Waals surface area contributed by atoms with E-state index in [0.29, 0.717) is 16.6 Å². The molecule has 0 N–H and O–H groups in total. The van der Waals surface area contributed by atoms with Crippen molar-refractivity contribution in [2.75, 3.05) is 13.1 Å². The highest BCUT2D eigenvalue weighted by Crippen LogP contribution is 2.21. The summed E-state index contributed by atoms with van der Waals surface area (Å²) in [6.07, 6.45) is 2.96. The Morgan fingerprint density at radius 3 is 2.82 bits per heavy atom. The van der Waals surface area contributed by atoms with E-state index in [1.807, 2.05) is 0 Å². The van der Waals surface area contributed by atoms with Crippen molar-refractivity contribution in [1.82, 2.24) is 4.90 Å². The van der Waals surface area contributed by atoms with Crippen LogP contribution in [0.2, 0.25) is 0 Å². The number of nitrogens with zero attached hydrogens (tertiary/aromatic N) is 1. The first-order valence-corrected chi connectivity index (χ1v) is 6.27. The van der Waals surface area contributed by atoms with E-state index in [0.717, 1.165) is 13.0 Å². The lowest BCUT2D eigenvalue weighted by Crippen LogP contribution is -2.34. The third-order valence-electron chi connectivity index (χ3n) is 2.88. The van der Waals surface area contributed by atoms with Crippen LogP contribution in [0.15, 0.2) is 34.3 Å². The van der Waals surface area contributed by atoms with Crippen LogP contribution in [0, 0.1) is 5.82 Å². The normalized spacial score (nSPS) is 15.7. The molecule has 0 aliphatic carbocycles. The molecule has 0 spiro atoms. The second kappa shape index (κ2) is 5.00. The molecule has 1 aromatic rings. The molecule has 2 rings (SSSR count). The van der Waals surface area contributed by atoms with Crippen molar-refractivity contribution in [3.8, 4) is 0 Å². The molecule has 1 amide bonds. The van der Waals surface area contributed by atoms with Crippen LogP contribution in [-0.4, -0.2) is 23.9 Å². The van der Waals surface area contributed by atoms with Crippen LogP contribution in [0.3, 0.4) is 0 Å². The van der Waals surface area contributed by atoms with Gasteiger partial charge in [-0.25, -0.2) is 4.39 Å². The molecule has 0 fully saturated rings. The highest BCUT2D eigenvalue weighted by Gasteiger charge is 2.19. The van der Waals surface area contributed by atoms with E-state index in [-0.39, 0.29) is 11.7 Å². The number of benzene rings is 1. The van der Waals surface area contributed by atoms with Crippen molar-refractivity contribution in [3.05, 3.63) is 45.7 Å². The quantitative estimate of drug-likeness (QED) is 0.728. The van der Waals surface area contributed by atoms with Crippen LogP contribution in [0.1, 0.15) is 23.7 Å². The summed E-state index contributed by atoms with van der Waals surface area (Å²) in [6.45, 7) is 3.43. The van der Waals surface area contributed by atoms with E-state index < -0.39 is 0 Å². The summed E-state index contributed by atoms with van der Waals surface area (Å²) < 4.78 is 13.4. The van der Waals surface area contributed by atoms with Crippen LogP contribution in [-0.2, 0) is 0 Å². The molecule has 1 heterocycles. The van der Waals surface area contributed by atoms with Gasteiger partial charge in [0.25, 0.3) is 5.91 Å². The van der Waals surface area contributed by atoms with E-state index in [4.69, 9.17) is 0 Å². The first-order valence-electron chi connectivity index (χ1n) is 5.48. The molecule has 2 nitrogen and oxygen atoms in total. The molecule has 0 saturated heterocycles. The highest BCUT2D eigenvalue weighted by molar-refractivity contribution is 9.10. The Bertz CT molecular complexity index is 484. The van der Waals surface area contributed by atoms with Crippen LogP contribution in [0.4, 0.5) is 4.39 Å². The molecule has 17 heavy (non-hydrogen) atoms. The number of hydrogen-bond donors (Lipinski definition) is 0. The maximum Gasteiger partial charge on any atom is 0.255 e. The number of carbonyl (C=O) groups is 1. The molecule has 0 unspecified atom stereocenters. The van der Waals surface area contributed by atoms with Crippen LogP contribution >= 0.6 is 15.9 Å². The zero-order valence-electron chi connectivity index (χ0n) is 9.54. The molecular formula is C13H13BrFNO. The predicted octanol–water partition coefficient (Wildman–Crippen LogP) is 3.38. The Morgan fingerprint density at radius 1 is 1.47 bits per heavy atom. The minimum atomic E-state index is -0.345. The first-order chi connectivity index (χ1) is 8.08. The average molecular weight is 298 g/mol. The zero-order chi connectivity index (χ0) is 12.4. The standard InChI is InChI=1S/C13H13BrFNO/c1-9-4-6-16(7-5-9)13(17)11-3-2-10(15)8-12(11)14/h2-4,8H,5-7H2,1H3. The molecule has 0 bridgehead atoms. The number of carbonyl (C=O) groups excluding carboxylic acids is 1. The van der Waals surface area contributed by atoms with Gasteiger partial charge in [-0.1, -0.05) is 11.6 Å². The fourth-order valence-corrected chi connectivity index (χ4v) is 2.31. The van der Waals surface area contributed by atoms with Crippen molar-refractivity contribution in [2.45, 2.75) is 13.3 Å². The summed E-state index contributed by atoms with van der Waals surface area (Å²) in [5.41, 5.74) is 1.83. The van der Waals surface area contributed by atoms with Gasteiger partial charge < -0.3 is 4.90 Å². The Labute approximate surface area is 108 Å². The largest absolute Gasteiger partial charge is 0.335 e. The molecule has 4 heteroatoms. The van der Waals surface area contributed by atoms with Crippen molar-refractivity contribution in [2.24, 2.45) is 0 Å². The fourth-order valence-electron chi connectivity index (χ4n) is 1.79. The van der Waals surface area contributed by atoms with Gasteiger partial charge in [0.05, 0.1) is 5.56 Å². The number of amides is 1. The second-order valence-electron chi connectivity index (χ2n) is 4.18. The molecule has 0 saturated carbocycles. The fraction of sp³-hybridized carbons (Fsp3) is 0.308. The van der Waals surface area contributed by atoms with E-state index in [1.54, 1.807) is 4.90 Å². The van der Waals surface area contributed by atoms with Gasteiger partial charge in [0.2, 0.25) is 0 Å². The highest BCUT2D eigenvalue weighted by atomic mass is 79.9. The zero-order valence-corrected chi connectivity index (χ0v) is 11.1. The van der Waals surface area contributed by atoms with Gasteiger partial charge in [0.1, 0.15) is 5.82 Å². The van der Waals surface area contributed by atoms with E-state index in [1.165, 1.54) is 23.8 Å². The smallest absolute Gasteiger partial charge is 0.255 e. The minimum absolute atomic E-state index is 0.0550. The third kappa shape index (κ3) is 2.75. The van der Waals surface area contributed by atoms with E-state index in [9.17, 15) is 9.18 Å². The number of hydrogen-bond acceptors (Lipinski definition) is 1. The molecule has 90 valence electrons. The summed E-state index contributed by atoms with van der Waals surface area (Å²) in [6, 6.07) is 4.15. The van der Waals surface area contributed by atoms with E-state index in [2.05, 4.69) is 28.9 Å². The number of halogens is 2. The third-order valence-corrected chi connectivity index (χ3v) is 3.54. The van der Waals surface area contributed by atoms with Crippen molar-refractivity contribution >= 4 is 21.8 Å². The van der Waals surface area contributed by atoms with Gasteiger partial charge in [-0.05, 0) is 47.5 Å². The van der Waals surface area contributed by atoms with Crippen molar-refractivity contribution in [3.63, 3.8) is 0 Å². The Hall–Kier alpha value is -1.16. The maximum atomic E-state index is 12.9. The van der Waals surface area contributed by atoms with Gasteiger partial charge >= 0.3 is 0 Å². The van der Waals surface area contributed by atoms with Gasteiger partial charge in [0, 0.05) is 17.6 Å². The van der Waals surface area contributed by atoms with Crippen LogP contribution in [0.5, 0.6) is 0 Å². The summed E-state index contributed by atoms with van der Waals surface area (Å²) in [5.74, 6) is -0.400. The molecule has 1 aliphatic heterocycles. The second-order valence-corrected chi connectivity index (χ2v) is 5.03. The Morgan fingerprint density at radius 2 is 2.24 bits per heavy atom. The molecular weight excluding hydrogens is 285 g/mol. The van der Waals surface area contributed by atoms with Crippen LogP contribution < -0.4 is 0 Å². The van der Waals surface area contributed by atoms with Gasteiger partial charge in [-0.15, -0.1) is 0 Å². The summed E-state index contributed by atoms with van der Waals surface area (Å²) in [7, 11) is 0. The molecule has 0 radical (unpaired) electrons. The van der Waals surface area contributed by atoms with Crippen molar-refractivity contribution in [1.29, 1.82) is 0 Å². The summed E-state index contributed by atoms with van der Waals surface area (Å²) in [5, 5.41) is 0. The molecule has 1 aliphatic rings. The Balaban J connectivity index is 2.20. The van der Waals surface area contributed by atoms with E-state index >= 15 is 0 Å². The average Bonchev–Trinajstić information content (AvgIpc) is 2.29. The minimum Gasteiger partial charge on any atom is -0.335 e. The topological polar surface area (TPSA) is 20.3 Å². The molecule has 0 atom stereocenters. The lowest BCUT2D eigenvalue weighted by Gasteiger charge is -2.25. The van der Waals surface area contributed by atoms with Gasteiger partial charge in [0.15, 0.2) is 0 Å². The lowest BCUT2D eigenvalue weighted by molar-refractivity contribution is 0.0768. The number of rotatable bonds is 1. The summed E-state index contributed by atoms with van der Waals surface area (Å²) >= 11 is 3.22. The molecule has 1 aromatic carbocycles. The van der Waals surface area contributed by atoms with Gasteiger partial charge in [-0.2, -0.15) is 0 Å². The SMILES string of the molecule is CC1=CCN(C(=O)c2ccc(F)cc2Br)CC1. The van der Waals surface area contributed by atoms with Crippen LogP contribution in [0.25, 0.3) is 0 Å². The Kier molecular flexibility index (Phi) is 3.62. The predicted molar refractivity (Wildman–Crippen MR) is 68.4 cm³/mol. The first kappa shape index (κ1) is 12.3. The lowest BCUT2D eigenvalue weighted by atomic mass is 10.1. The maximum absolute atomic E-state index is 12.9. The van der Waals surface area contributed by atoms with Crippen molar-refractivity contribution < 1.29 is 9.18 Å². The summed E-state index contributed by atoms with van der Waals surface area (Å²) in [4.78, 5) is 14.0.